The van der Waals surface area contributed by atoms with E-state index in [9.17, 15) is 50.6 Å². The second-order valence-corrected chi connectivity index (χ2v) is 10.3. The summed E-state index contributed by atoms with van der Waals surface area (Å²) in [5.41, 5.74) is -1.22. The van der Waals surface area contributed by atoms with Crippen molar-refractivity contribution in [1.82, 2.24) is 24.3 Å². The van der Waals surface area contributed by atoms with Crippen LogP contribution in [0.15, 0.2) is 53.5 Å². The van der Waals surface area contributed by atoms with Gasteiger partial charge in [-0.3, -0.25) is 19.3 Å². The third-order valence-corrected chi connectivity index (χ3v) is 6.84. The molecule has 3 amide bonds. The molecular weight excluding hydrogens is 614 g/mol. The fourth-order valence-electron chi connectivity index (χ4n) is 4.37. The van der Waals surface area contributed by atoms with Gasteiger partial charge in [-0.2, -0.15) is 26.3 Å². The lowest BCUT2D eigenvalue weighted by atomic mass is 9.97. The molecule has 0 saturated heterocycles. The summed E-state index contributed by atoms with van der Waals surface area (Å²) < 4.78 is 80.1. The number of carboxylic acid groups (broad SMARTS) is 1. The summed E-state index contributed by atoms with van der Waals surface area (Å²) in [6.45, 7) is -0.290. The number of rotatable bonds is 11. The van der Waals surface area contributed by atoms with E-state index >= 15 is 0 Å². The van der Waals surface area contributed by atoms with E-state index in [2.05, 4.69) is 15.3 Å². The molecule has 0 bridgehead atoms. The number of likely N-dealkylation sites (N-methyl/N-ethyl adjacent to an activating group) is 2. The fourth-order valence-corrected chi connectivity index (χ4v) is 4.37. The van der Waals surface area contributed by atoms with Gasteiger partial charge in [0.2, 0.25) is 11.8 Å². The van der Waals surface area contributed by atoms with Gasteiger partial charge < -0.3 is 24.9 Å². The highest BCUT2D eigenvalue weighted by Gasteiger charge is 2.56. The van der Waals surface area contributed by atoms with Gasteiger partial charge in [-0.25, -0.2) is 9.78 Å². The number of hydrogen-bond donors (Lipinski definition) is 3. The molecule has 0 aliphatic heterocycles. The van der Waals surface area contributed by atoms with Crippen LogP contribution in [-0.4, -0.2) is 86.9 Å². The van der Waals surface area contributed by atoms with Crippen molar-refractivity contribution in [3.8, 4) is 0 Å². The van der Waals surface area contributed by atoms with Crippen LogP contribution in [0.5, 0.6) is 0 Å². The van der Waals surface area contributed by atoms with Crippen LogP contribution >= 0.6 is 0 Å². The number of nitrogens with zero attached hydrogens (tertiary/aromatic N) is 4. The Labute approximate surface area is 252 Å². The first-order valence-corrected chi connectivity index (χ1v) is 13.3. The average Bonchev–Trinajstić information content (AvgIpc) is 3.35. The molecule has 1 aromatic carbocycles. The average molecular weight is 645 g/mol. The minimum absolute atomic E-state index is 0.0162. The Balaban J connectivity index is 1.83. The normalized spacial score (nSPS) is 12.9. The predicted molar refractivity (Wildman–Crippen MR) is 150 cm³/mol. The van der Waals surface area contributed by atoms with Crippen molar-refractivity contribution in [1.29, 1.82) is 0 Å². The smallest absolute Gasteiger partial charge is 0.407 e. The van der Waals surface area contributed by atoms with Crippen molar-refractivity contribution in [3.05, 3.63) is 70.4 Å². The molecule has 2 aromatic heterocycles. The Morgan fingerprint density at radius 2 is 1.73 bits per heavy atom. The molecule has 1 atom stereocenters. The first kappa shape index (κ1) is 34.7. The number of alkyl halides is 6. The van der Waals surface area contributed by atoms with E-state index in [4.69, 9.17) is 0 Å². The zero-order valence-electron chi connectivity index (χ0n) is 24.2. The molecule has 11 nitrogen and oxygen atoms in total. The number of carbonyl (C=O) groups is 3. The van der Waals surface area contributed by atoms with E-state index in [1.54, 1.807) is 14.1 Å². The molecule has 45 heavy (non-hydrogen) atoms. The number of nitrogens with one attached hydrogen (secondary N) is 2. The number of aromatic nitrogens is 3. The second-order valence-electron chi connectivity index (χ2n) is 10.3. The highest BCUT2D eigenvalue weighted by Crippen LogP contribution is 2.41. The lowest BCUT2D eigenvalue weighted by molar-refractivity contribution is -0.283. The first-order valence-electron chi connectivity index (χ1n) is 13.3. The number of fused-ring (bicyclic) bond motifs is 1. The zero-order valence-corrected chi connectivity index (χ0v) is 24.2. The number of aromatic amines is 1. The molecule has 17 heteroatoms. The molecular formula is C28H30F6N6O5. The summed E-state index contributed by atoms with van der Waals surface area (Å²) >= 11 is 0. The lowest BCUT2D eigenvalue weighted by Crippen LogP contribution is -2.45. The van der Waals surface area contributed by atoms with Crippen LogP contribution in [-0.2, 0) is 22.6 Å². The van der Waals surface area contributed by atoms with E-state index < -0.39 is 48.3 Å². The summed E-state index contributed by atoms with van der Waals surface area (Å²) in [6.07, 6.45) is -9.62. The number of para-hydroxylation sites is 1. The maximum Gasteiger partial charge on any atom is 0.407 e. The molecule has 0 aliphatic carbocycles. The summed E-state index contributed by atoms with van der Waals surface area (Å²) in [4.78, 5) is 58.5. The minimum atomic E-state index is -5.53. The Morgan fingerprint density at radius 1 is 1.07 bits per heavy atom. The lowest BCUT2D eigenvalue weighted by Gasteiger charge is -2.24. The van der Waals surface area contributed by atoms with Gasteiger partial charge in [0.15, 0.2) is 5.92 Å². The SMILES string of the molecule is CN(C)C(=O)C=CCCC(C(=O)Nc1cccn(Cc2nc3c(CC(C(F)(F)F)C(F)(F)F)cccc3[nH]2)c1=O)N(C)C(=O)O. The van der Waals surface area contributed by atoms with Crippen LogP contribution in [0.2, 0.25) is 0 Å². The van der Waals surface area contributed by atoms with Gasteiger partial charge >= 0.3 is 18.4 Å². The van der Waals surface area contributed by atoms with Crippen LogP contribution in [0.4, 0.5) is 36.8 Å². The number of allylic oxidation sites excluding steroid dienone is 1. The van der Waals surface area contributed by atoms with Gasteiger partial charge in [0.05, 0.1) is 17.6 Å². The third-order valence-electron chi connectivity index (χ3n) is 6.84. The number of carbonyl (C=O) groups excluding carboxylic acids is 2. The fraction of sp³-hybridized carbons (Fsp3) is 0.393. The van der Waals surface area contributed by atoms with Gasteiger partial charge in [-0.15, -0.1) is 0 Å². The minimum Gasteiger partial charge on any atom is -0.465 e. The van der Waals surface area contributed by atoms with E-state index in [1.165, 1.54) is 54.6 Å². The first-order chi connectivity index (χ1) is 20.9. The van der Waals surface area contributed by atoms with Crippen molar-refractivity contribution < 1.29 is 45.8 Å². The maximum absolute atomic E-state index is 13.2. The quantitative estimate of drug-likeness (QED) is 0.209. The third kappa shape index (κ3) is 8.86. The molecule has 0 fully saturated rings. The predicted octanol–water partition coefficient (Wildman–Crippen LogP) is 4.40. The van der Waals surface area contributed by atoms with Crippen LogP contribution in [0, 0.1) is 5.92 Å². The van der Waals surface area contributed by atoms with Gasteiger partial charge in [0.1, 0.15) is 17.6 Å². The monoisotopic (exact) mass is 644 g/mol. The van der Waals surface area contributed by atoms with Crippen molar-refractivity contribution >= 4 is 34.6 Å². The summed E-state index contributed by atoms with van der Waals surface area (Å²) in [7, 11) is 4.26. The summed E-state index contributed by atoms with van der Waals surface area (Å²) in [6, 6.07) is 5.24. The number of pyridine rings is 1. The number of halogens is 6. The van der Waals surface area contributed by atoms with Gasteiger partial charge in [0.25, 0.3) is 5.56 Å². The highest BCUT2D eigenvalue weighted by molar-refractivity contribution is 5.96. The number of H-pyrrole nitrogens is 1. The molecule has 2 heterocycles. The number of amides is 3. The summed E-state index contributed by atoms with van der Waals surface area (Å²) in [5.74, 6) is -4.68. The maximum atomic E-state index is 13.2. The Bertz CT molecular complexity index is 1610. The Hall–Kier alpha value is -4.83. The molecule has 3 N–H and O–H groups in total. The number of anilines is 1. The molecule has 0 radical (unpaired) electrons. The number of benzene rings is 1. The Morgan fingerprint density at radius 3 is 2.33 bits per heavy atom. The molecule has 3 rings (SSSR count). The molecule has 0 saturated carbocycles. The summed E-state index contributed by atoms with van der Waals surface area (Å²) in [5, 5.41) is 11.8. The molecule has 0 spiro atoms. The van der Waals surface area contributed by atoms with Crippen LogP contribution in [0.3, 0.4) is 0 Å². The molecule has 0 aliphatic rings. The van der Waals surface area contributed by atoms with Gasteiger partial charge in [-0.1, -0.05) is 18.2 Å². The Kier molecular flexibility index (Phi) is 10.7. The molecule has 3 aromatic rings. The standard InChI is InChI=1S/C28H30F6N6O5/c1-38(2)22(41)12-5-4-11-19(39(3)26(44)45)24(42)36-18-10-7-13-40(25(18)43)15-21-35-17-9-6-8-16(23(17)37-21)14-20(27(29,30)31)28(32,33)34/h5-10,12-13,19-20H,4,11,14-15H2,1-3H3,(H,35,37)(H,36,42)(H,44,45). The number of imidazole rings is 1. The van der Waals surface area contributed by atoms with Crippen molar-refractivity contribution in [2.24, 2.45) is 5.92 Å². The van der Waals surface area contributed by atoms with Gasteiger partial charge in [-0.05, 0) is 49.1 Å². The van der Waals surface area contributed by atoms with Crippen LogP contribution < -0.4 is 10.9 Å². The highest BCUT2D eigenvalue weighted by atomic mass is 19.4. The topological polar surface area (TPSA) is 141 Å². The molecule has 1 unspecified atom stereocenters. The van der Waals surface area contributed by atoms with E-state index in [-0.39, 0.29) is 53.4 Å². The van der Waals surface area contributed by atoms with Crippen LogP contribution in [0.25, 0.3) is 11.0 Å². The van der Waals surface area contributed by atoms with Gasteiger partial charge in [0, 0.05) is 27.3 Å². The van der Waals surface area contributed by atoms with E-state index in [0.29, 0.717) is 0 Å². The zero-order chi connectivity index (χ0) is 33.7. The van der Waals surface area contributed by atoms with Crippen molar-refractivity contribution in [2.75, 3.05) is 26.5 Å². The largest absolute Gasteiger partial charge is 0.465 e. The number of hydrogen-bond acceptors (Lipinski definition) is 5. The van der Waals surface area contributed by atoms with Crippen molar-refractivity contribution in [2.45, 2.75) is 44.2 Å². The van der Waals surface area contributed by atoms with E-state index in [1.807, 2.05) is 0 Å². The molecule has 244 valence electrons. The second kappa shape index (κ2) is 13.9. The van der Waals surface area contributed by atoms with E-state index in [0.717, 1.165) is 15.5 Å². The van der Waals surface area contributed by atoms with Crippen LogP contribution in [0.1, 0.15) is 24.2 Å². The van der Waals surface area contributed by atoms with Crippen molar-refractivity contribution in [3.63, 3.8) is 0 Å².